The lowest BCUT2D eigenvalue weighted by Crippen LogP contribution is -2.02. The molecule has 0 saturated carbocycles. The predicted molar refractivity (Wildman–Crippen MR) is 122 cm³/mol. The second-order valence-electron chi connectivity index (χ2n) is 7.58. The number of H-pyrrole nitrogens is 1. The Kier molecular flexibility index (Phi) is 6.24. The maximum absolute atomic E-state index is 12.8. The molecule has 0 saturated heterocycles. The van der Waals surface area contributed by atoms with Crippen molar-refractivity contribution >= 4 is 28.3 Å². The van der Waals surface area contributed by atoms with E-state index in [1.807, 2.05) is 61.7 Å². The number of nitrogens with zero attached hydrogens (tertiary/aromatic N) is 2. The molecule has 1 N–H and O–H groups in total. The Morgan fingerprint density at radius 2 is 1.90 bits per heavy atom. The van der Waals surface area contributed by atoms with Gasteiger partial charge in [0.15, 0.2) is 5.78 Å². The molecule has 0 aliphatic heterocycles. The van der Waals surface area contributed by atoms with Crippen molar-refractivity contribution in [3.05, 3.63) is 82.6 Å². The number of aryl methyl sites for hydroxylation is 2. The molecule has 4 rings (SSSR count). The van der Waals surface area contributed by atoms with Gasteiger partial charge in [-0.25, -0.2) is 0 Å². The lowest BCUT2D eigenvalue weighted by atomic mass is 9.98. The van der Waals surface area contributed by atoms with Gasteiger partial charge in [0.2, 0.25) is 0 Å². The maximum atomic E-state index is 12.8. The van der Waals surface area contributed by atoms with Gasteiger partial charge in [0.25, 0.3) is 0 Å². The Morgan fingerprint density at radius 1 is 1.03 bits per heavy atom. The van der Waals surface area contributed by atoms with Crippen LogP contribution in [-0.4, -0.2) is 21.0 Å². The number of rotatable bonds is 8. The molecule has 2 aromatic carbocycles. The van der Waals surface area contributed by atoms with Gasteiger partial charge in [-0.3, -0.25) is 14.9 Å². The fraction of sp³-hybridized carbons (Fsp3) is 0.240. The molecule has 30 heavy (non-hydrogen) atoms. The van der Waals surface area contributed by atoms with Crippen LogP contribution in [0.5, 0.6) is 0 Å². The number of pyridine rings is 1. The third-order valence-corrected chi connectivity index (χ3v) is 5.71. The zero-order chi connectivity index (χ0) is 20.9. The second-order valence-corrected chi connectivity index (χ2v) is 7.99. The summed E-state index contributed by atoms with van der Waals surface area (Å²) in [4.78, 5) is 17.3. The lowest BCUT2D eigenvalue weighted by Gasteiger charge is -2.08. The van der Waals surface area contributed by atoms with Crippen LogP contribution in [0.25, 0.3) is 22.2 Å². The van der Waals surface area contributed by atoms with Gasteiger partial charge in [-0.15, -0.1) is 0 Å². The first kappa shape index (κ1) is 20.3. The Hall–Kier alpha value is -2.98. The van der Waals surface area contributed by atoms with Crippen LogP contribution in [0.15, 0.2) is 60.8 Å². The summed E-state index contributed by atoms with van der Waals surface area (Å²) in [5.74, 6) is 0.190. The van der Waals surface area contributed by atoms with Crippen LogP contribution < -0.4 is 0 Å². The number of unbranched alkanes of at least 4 members (excludes halogenated alkanes) is 2. The molecule has 152 valence electrons. The average Bonchev–Trinajstić information content (AvgIpc) is 3.29. The minimum Gasteiger partial charge on any atom is -0.294 e. The number of carbonyl (C=O) groups is 1. The van der Waals surface area contributed by atoms with E-state index in [1.165, 1.54) is 0 Å². The largest absolute Gasteiger partial charge is 0.294 e. The Bertz CT molecular complexity index is 1170. The van der Waals surface area contributed by atoms with Crippen LogP contribution in [0.2, 0.25) is 5.02 Å². The van der Waals surface area contributed by atoms with Crippen molar-refractivity contribution in [2.24, 2.45) is 0 Å². The molecule has 0 atom stereocenters. The number of nitrogens with one attached hydrogen (secondary N) is 1. The number of hydrogen-bond donors (Lipinski definition) is 1. The molecule has 0 bridgehead atoms. The van der Waals surface area contributed by atoms with Crippen LogP contribution in [-0.2, 0) is 6.42 Å². The fourth-order valence-electron chi connectivity index (χ4n) is 3.80. The van der Waals surface area contributed by atoms with Gasteiger partial charge in [-0.2, -0.15) is 5.10 Å². The van der Waals surface area contributed by atoms with Crippen molar-refractivity contribution in [1.29, 1.82) is 0 Å². The summed E-state index contributed by atoms with van der Waals surface area (Å²) in [6.45, 7) is 1.93. The van der Waals surface area contributed by atoms with E-state index in [9.17, 15) is 4.79 Å². The molecular weight excluding hydrogens is 394 g/mol. The van der Waals surface area contributed by atoms with Crippen LogP contribution in [0, 0.1) is 6.92 Å². The molecule has 0 radical (unpaired) electrons. The molecule has 0 unspecified atom stereocenters. The molecule has 4 nitrogen and oxygen atoms in total. The second kappa shape index (κ2) is 9.23. The van der Waals surface area contributed by atoms with Crippen molar-refractivity contribution in [3.8, 4) is 11.3 Å². The Balaban J connectivity index is 1.33. The van der Waals surface area contributed by atoms with E-state index in [1.54, 1.807) is 0 Å². The minimum absolute atomic E-state index is 0.190. The number of para-hydroxylation sites is 1. The molecule has 0 spiro atoms. The van der Waals surface area contributed by atoms with Crippen molar-refractivity contribution in [3.63, 3.8) is 0 Å². The number of fused-ring (bicyclic) bond motifs is 1. The average molecular weight is 418 g/mol. The zero-order valence-corrected chi connectivity index (χ0v) is 17.7. The van der Waals surface area contributed by atoms with Crippen LogP contribution in [0.4, 0.5) is 0 Å². The maximum Gasteiger partial charge on any atom is 0.163 e. The molecule has 4 aromatic rings. The fourth-order valence-corrected chi connectivity index (χ4v) is 4.01. The Labute approximate surface area is 181 Å². The summed E-state index contributed by atoms with van der Waals surface area (Å²) in [7, 11) is 0. The first-order chi connectivity index (χ1) is 14.6. The van der Waals surface area contributed by atoms with E-state index in [-0.39, 0.29) is 5.78 Å². The third-order valence-electron chi connectivity index (χ3n) is 5.34. The molecular formula is C25H24ClN3O. The molecule has 2 heterocycles. The SMILES string of the molecule is Cc1cc(C(=O)CCCCCc2cc(-c3cc[nH]n3)ccc2Cl)c2ccccc2n1. The van der Waals surface area contributed by atoms with E-state index in [0.717, 1.165) is 69.7 Å². The number of hydrogen-bond acceptors (Lipinski definition) is 3. The van der Waals surface area contributed by atoms with Crippen LogP contribution in [0.3, 0.4) is 0 Å². The molecule has 0 aliphatic rings. The highest BCUT2D eigenvalue weighted by molar-refractivity contribution is 6.31. The number of benzene rings is 2. The number of halogens is 1. The summed E-state index contributed by atoms with van der Waals surface area (Å²) in [5, 5.41) is 8.80. The lowest BCUT2D eigenvalue weighted by molar-refractivity contribution is 0.0980. The van der Waals surface area contributed by atoms with Crippen molar-refractivity contribution < 1.29 is 4.79 Å². The minimum atomic E-state index is 0.190. The zero-order valence-electron chi connectivity index (χ0n) is 17.0. The van der Waals surface area contributed by atoms with E-state index in [2.05, 4.69) is 21.2 Å². The topological polar surface area (TPSA) is 58.6 Å². The van der Waals surface area contributed by atoms with Gasteiger partial charge in [0.1, 0.15) is 0 Å². The summed E-state index contributed by atoms with van der Waals surface area (Å²) in [5.41, 5.74) is 5.65. The van der Waals surface area contributed by atoms with Gasteiger partial charge in [0, 0.05) is 39.8 Å². The summed E-state index contributed by atoms with van der Waals surface area (Å²) < 4.78 is 0. The van der Waals surface area contributed by atoms with Gasteiger partial charge in [0.05, 0.1) is 11.2 Å². The van der Waals surface area contributed by atoms with E-state index in [4.69, 9.17) is 11.6 Å². The standard InChI is InChI=1S/C25H24ClN3O/c1-17-15-21(20-8-5-6-9-24(20)28-17)25(30)10-4-2-3-7-18-16-19(11-12-22(18)26)23-13-14-27-29-23/h5-6,8-9,11-16H,2-4,7,10H2,1H3,(H,27,29). The van der Waals surface area contributed by atoms with E-state index >= 15 is 0 Å². The van der Waals surface area contributed by atoms with Crippen molar-refractivity contribution in [2.45, 2.75) is 39.0 Å². The number of ketones is 1. The highest BCUT2D eigenvalue weighted by Crippen LogP contribution is 2.26. The summed E-state index contributed by atoms with van der Waals surface area (Å²) >= 11 is 6.38. The van der Waals surface area contributed by atoms with Gasteiger partial charge in [-0.1, -0.05) is 42.3 Å². The molecule has 2 aromatic heterocycles. The quantitative estimate of drug-likeness (QED) is 0.260. The molecule has 0 fully saturated rings. The normalized spacial score (nSPS) is 11.1. The van der Waals surface area contributed by atoms with Crippen molar-refractivity contribution in [2.75, 3.05) is 0 Å². The third kappa shape index (κ3) is 4.60. The monoisotopic (exact) mass is 417 g/mol. The van der Waals surface area contributed by atoms with Crippen LogP contribution >= 0.6 is 11.6 Å². The van der Waals surface area contributed by atoms with Crippen LogP contribution in [0.1, 0.15) is 47.3 Å². The van der Waals surface area contributed by atoms with E-state index < -0.39 is 0 Å². The van der Waals surface area contributed by atoms with Gasteiger partial charge < -0.3 is 0 Å². The van der Waals surface area contributed by atoms with Gasteiger partial charge >= 0.3 is 0 Å². The molecule has 0 amide bonds. The summed E-state index contributed by atoms with van der Waals surface area (Å²) in [6, 6.07) is 17.7. The van der Waals surface area contributed by atoms with Gasteiger partial charge in [-0.05, 0) is 62.1 Å². The number of aromatic nitrogens is 3. The number of Topliss-reactive ketones (excluding diaryl/α,β-unsaturated/α-hetero) is 1. The molecule has 0 aliphatic carbocycles. The predicted octanol–water partition coefficient (Wildman–Crippen LogP) is 6.57. The highest BCUT2D eigenvalue weighted by Gasteiger charge is 2.12. The van der Waals surface area contributed by atoms with Crippen molar-refractivity contribution in [1.82, 2.24) is 15.2 Å². The number of aromatic amines is 1. The highest BCUT2D eigenvalue weighted by atomic mass is 35.5. The van der Waals surface area contributed by atoms with E-state index in [0.29, 0.717) is 6.42 Å². The Morgan fingerprint density at radius 3 is 2.73 bits per heavy atom. The smallest absolute Gasteiger partial charge is 0.163 e. The first-order valence-electron chi connectivity index (χ1n) is 10.3. The summed E-state index contributed by atoms with van der Waals surface area (Å²) in [6.07, 6.45) is 6.10. The molecule has 5 heteroatoms. The number of carbonyl (C=O) groups excluding carboxylic acids is 1. The first-order valence-corrected chi connectivity index (χ1v) is 10.7.